The molecule has 0 amide bonds. The second-order valence-corrected chi connectivity index (χ2v) is 20.2. The largest absolute Gasteiger partial charge is 0.310 e. The fraction of sp³-hybridized carbons (Fsp3) is 0.0390. The summed E-state index contributed by atoms with van der Waals surface area (Å²) in [7, 11) is 0. The van der Waals surface area contributed by atoms with Crippen molar-refractivity contribution in [2.75, 3.05) is 9.80 Å². The summed E-state index contributed by atoms with van der Waals surface area (Å²) in [5.74, 6) is 0. The van der Waals surface area contributed by atoms with E-state index in [4.69, 9.17) is 0 Å². The Balaban J connectivity index is 0.000000635. The van der Waals surface area contributed by atoms with Crippen molar-refractivity contribution in [3.63, 3.8) is 0 Å². The van der Waals surface area contributed by atoms with Crippen LogP contribution >= 0.6 is 0 Å². The summed E-state index contributed by atoms with van der Waals surface area (Å²) in [6.07, 6.45) is 0. The number of para-hydroxylation sites is 4. The molecule has 0 unspecified atom stereocenters. The molecule has 0 saturated heterocycles. The molecule has 0 bridgehead atoms. The molecule has 0 spiro atoms. The minimum absolute atomic E-state index is 1.09. The Bertz CT molecular complexity index is 4340. The van der Waals surface area contributed by atoms with Crippen molar-refractivity contribution >= 4 is 99.3 Å². The number of aromatic nitrogens is 2. The summed E-state index contributed by atoms with van der Waals surface area (Å²) in [4.78, 5) is 4.74. The summed E-state index contributed by atoms with van der Waals surface area (Å²) in [6, 6.07) is 112. The fourth-order valence-corrected chi connectivity index (χ4v) is 11.7. The molecule has 0 radical (unpaired) electrons. The van der Waals surface area contributed by atoms with Gasteiger partial charge in [0, 0.05) is 77.8 Å². The Hall–Kier alpha value is -10.4. The molecule has 0 fully saturated rings. The molecule has 0 aliphatic heterocycles. The van der Waals surface area contributed by atoms with Gasteiger partial charge in [-0.15, -0.1) is 0 Å². The van der Waals surface area contributed by atoms with Gasteiger partial charge >= 0.3 is 0 Å². The van der Waals surface area contributed by atoms with Gasteiger partial charge in [0.25, 0.3) is 0 Å². The molecular formula is C77H60N4. The molecule has 4 nitrogen and oxygen atoms in total. The average molecular weight is 1040 g/mol. The molecule has 2 aromatic heterocycles. The van der Waals surface area contributed by atoms with Crippen molar-refractivity contribution in [2.24, 2.45) is 0 Å². The molecule has 4 heteroatoms. The minimum Gasteiger partial charge on any atom is -0.310 e. The van der Waals surface area contributed by atoms with Gasteiger partial charge in [-0.2, -0.15) is 0 Å². The van der Waals surface area contributed by atoms with Crippen LogP contribution in [0.2, 0.25) is 0 Å². The highest BCUT2D eigenvalue weighted by Gasteiger charge is 2.21. The number of rotatable bonds is 9. The van der Waals surface area contributed by atoms with Gasteiger partial charge < -0.3 is 18.9 Å². The van der Waals surface area contributed by atoms with Crippen molar-refractivity contribution in [1.82, 2.24) is 9.13 Å². The fourth-order valence-electron chi connectivity index (χ4n) is 11.7. The molecule has 81 heavy (non-hydrogen) atoms. The molecule has 0 saturated carbocycles. The number of anilines is 6. The molecular weight excluding hydrogens is 981 g/mol. The zero-order chi connectivity index (χ0) is 54.7. The summed E-state index contributed by atoms with van der Waals surface area (Å²) < 4.78 is 4.85. The van der Waals surface area contributed by atoms with Crippen molar-refractivity contribution < 1.29 is 0 Å². The van der Waals surface area contributed by atoms with E-state index < -0.39 is 0 Å². The van der Waals surface area contributed by atoms with Crippen molar-refractivity contribution in [3.05, 3.63) is 315 Å². The monoisotopic (exact) mass is 1040 g/mol. The van der Waals surface area contributed by atoms with Gasteiger partial charge in [0.1, 0.15) is 0 Å². The standard InChI is InChI=1S/C68H46N4.C7H8.C2H6/c1-5-19-51(20-6-1)69(57-39-43-65-63(45-57)61-41-33-49-17-13-15-27-59(49)67(61)71(65)53-23-9-3-10-24-53)55-35-29-47(30-36-55)48-31-37-56(38-32-48)70(52-21-7-2-8-22-52)58-40-44-66-64(46-58)62-42-34-50-18-14-16-28-60(50)68(62)72(66)54-25-11-4-12-26-54;1-7-5-3-2-4-6-7;1-2/h1-46H;2-6H,1H3;1-2H3. The lowest BCUT2D eigenvalue weighted by Gasteiger charge is -2.26. The van der Waals surface area contributed by atoms with E-state index in [0.717, 1.165) is 56.6 Å². The van der Waals surface area contributed by atoms with Crippen LogP contribution in [0.5, 0.6) is 0 Å². The number of hydrogen-bond donors (Lipinski definition) is 0. The number of benzene rings is 13. The molecule has 15 rings (SSSR count). The van der Waals surface area contributed by atoms with Gasteiger partial charge in [-0.3, -0.25) is 0 Å². The zero-order valence-corrected chi connectivity index (χ0v) is 45.7. The summed E-state index contributed by atoms with van der Waals surface area (Å²) in [6.45, 7) is 6.08. The predicted octanol–water partition coefficient (Wildman–Crippen LogP) is 21.8. The third kappa shape index (κ3) is 9.43. The first-order chi connectivity index (χ1) is 40.1. The molecule has 13 aromatic carbocycles. The second-order valence-electron chi connectivity index (χ2n) is 20.2. The third-order valence-electron chi connectivity index (χ3n) is 15.4. The highest BCUT2D eigenvalue weighted by atomic mass is 15.1. The third-order valence-corrected chi connectivity index (χ3v) is 15.4. The van der Waals surface area contributed by atoms with E-state index in [1.807, 2.05) is 32.0 Å². The van der Waals surface area contributed by atoms with Crippen LogP contribution in [0.4, 0.5) is 34.1 Å². The van der Waals surface area contributed by atoms with Crippen molar-refractivity contribution in [3.8, 4) is 22.5 Å². The quantitative estimate of drug-likeness (QED) is 0.143. The van der Waals surface area contributed by atoms with E-state index in [9.17, 15) is 0 Å². The van der Waals surface area contributed by atoms with E-state index in [2.05, 4.69) is 317 Å². The van der Waals surface area contributed by atoms with E-state index in [0.29, 0.717) is 0 Å². The number of hydrogen-bond acceptors (Lipinski definition) is 2. The van der Waals surface area contributed by atoms with Crippen LogP contribution in [0.1, 0.15) is 19.4 Å². The Morgan fingerprint density at radius 1 is 0.247 bits per heavy atom. The number of fused-ring (bicyclic) bond motifs is 10. The Morgan fingerprint density at radius 3 is 0.938 bits per heavy atom. The van der Waals surface area contributed by atoms with Gasteiger partial charge in [0.2, 0.25) is 0 Å². The first-order valence-electron chi connectivity index (χ1n) is 28.1. The summed E-state index contributed by atoms with van der Waals surface area (Å²) >= 11 is 0. The first-order valence-corrected chi connectivity index (χ1v) is 28.1. The smallest absolute Gasteiger partial charge is 0.0619 e. The first kappa shape index (κ1) is 50.1. The molecule has 0 aliphatic rings. The lowest BCUT2D eigenvalue weighted by atomic mass is 10.0. The minimum atomic E-state index is 1.09. The SMILES string of the molecule is CC.Cc1ccccc1.c1ccc(N(c2ccc(-c3ccc(N(c4ccccc4)c4ccc5c(c4)c4ccc6ccccc6c4n5-c4ccccc4)cc3)cc2)c2ccc3c(c2)c2ccc4ccccc4c2n3-c2ccccc2)cc1. The lowest BCUT2D eigenvalue weighted by molar-refractivity contribution is 1.18. The van der Waals surface area contributed by atoms with Crippen LogP contribution in [-0.4, -0.2) is 9.13 Å². The van der Waals surface area contributed by atoms with E-state index in [1.54, 1.807) is 0 Å². The number of aryl methyl sites for hydroxylation is 1. The Morgan fingerprint density at radius 2 is 0.568 bits per heavy atom. The number of nitrogens with zero attached hydrogens (tertiary/aromatic N) is 4. The maximum Gasteiger partial charge on any atom is 0.0619 e. The van der Waals surface area contributed by atoms with Gasteiger partial charge in [-0.05, 0) is 138 Å². The summed E-state index contributed by atoms with van der Waals surface area (Å²) in [5.41, 5.74) is 17.3. The highest BCUT2D eigenvalue weighted by Crippen LogP contribution is 2.44. The molecule has 0 N–H and O–H groups in total. The normalized spacial score (nSPS) is 11.1. The van der Waals surface area contributed by atoms with Crippen LogP contribution in [0.25, 0.3) is 87.7 Å². The molecule has 0 aliphatic carbocycles. The Labute approximate surface area is 473 Å². The van der Waals surface area contributed by atoms with Crippen LogP contribution in [0.15, 0.2) is 309 Å². The maximum absolute atomic E-state index is 2.43. The molecule has 2 heterocycles. The van der Waals surface area contributed by atoms with Crippen LogP contribution < -0.4 is 9.80 Å². The predicted molar refractivity (Wildman–Crippen MR) is 347 cm³/mol. The Kier molecular flexibility index (Phi) is 13.7. The van der Waals surface area contributed by atoms with Gasteiger partial charge in [-0.1, -0.05) is 220 Å². The van der Waals surface area contributed by atoms with E-state index in [1.165, 1.54) is 70.7 Å². The van der Waals surface area contributed by atoms with E-state index >= 15 is 0 Å². The van der Waals surface area contributed by atoms with Crippen molar-refractivity contribution in [2.45, 2.75) is 20.8 Å². The van der Waals surface area contributed by atoms with E-state index in [-0.39, 0.29) is 0 Å². The van der Waals surface area contributed by atoms with Gasteiger partial charge in [0.15, 0.2) is 0 Å². The van der Waals surface area contributed by atoms with Crippen LogP contribution in [0.3, 0.4) is 0 Å². The zero-order valence-electron chi connectivity index (χ0n) is 45.7. The van der Waals surface area contributed by atoms with Crippen LogP contribution in [0, 0.1) is 6.92 Å². The van der Waals surface area contributed by atoms with Gasteiger partial charge in [-0.25, -0.2) is 0 Å². The van der Waals surface area contributed by atoms with Crippen molar-refractivity contribution in [1.29, 1.82) is 0 Å². The molecule has 388 valence electrons. The van der Waals surface area contributed by atoms with Crippen LogP contribution in [-0.2, 0) is 0 Å². The molecule has 15 aromatic rings. The lowest BCUT2D eigenvalue weighted by Crippen LogP contribution is -2.10. The molecule has 0 atom stereocenters. The summed E-state index contributed by atoms with van der Waals surface area (Å²) in [5, 5.41) is 9.84. The second kappa shape index (κ2) is 22.1. The topological polar surface area (TPSA) is 16.3 Å². The average Bonchev–Trinajstić information content (AvgIpc) is 4.17. The maximum atomic E-state index is 2.43. The highest BCUT2D eigenvalue weighted by molar-refractivity contribution is 6.20. The van der Waals surface area contributed by atoms with Gasteiger partial charge in [0.05, 0.1) is 22.1 Å².